The fourth-order valence-electron chi connectivity index (χ4n) is 1.47. The second-order valence-corrected chi connectivity index (χ2v) is 3.12. The Labute approximate surface area is 81.0 Å². The average Bonchev–Trinajstić information content (AvgIpc) is 2.61. The van der Waals surface area contributed by atoms with Crippen LogP contribution in [0, 0.1) is 0 Å². The number of aliphatic hydroxyl groups is 1. The maximum absolute atomic E-state index is 9.75. The van der Waals surface area contributed by atoms with Crippen LogP contribution in [0.25, 0.3) is 11.0 Å². The molecule has 14 heavy (non-hydrogen) atoms. The third kappa shape index (κ3) is 1.47. The quantitative estimate of drug-likeness (QED) is 0.654. The predicted molar refractivity (Wildman–Crippen MR) is 52.5 cm³/mol. The van der Waals surface area contributed by atoms with E-state index >= 15 is 0 Å². The van der Waals surface area contributed by atoms with Gasteiger partial charge in [-0.3, -0.25) is 0 Å². The zero-order valence-corrected chi connectivity index (χ0v) is 7.64. The molecule has 2 rings (SSSR count). The Morgan fingerprint density at radius 2 is 2.43 bits per heavy atom. The number of nitrogens with zero attached hydrogens (tertiary/aromatic N) is 2. The molecule has 0 aliphatic rings. The first-order valence-corrected chi connectivity index (χ1v) is 4.48. The van der Waals surface area contributed by atoms with Gasteiger partial charge in [0.05, 0.1) is 6.10 Å². The van der Waals surface area contributed by atoms with E-state index in [0.29, 0.717) is 13.0 Å². The molecule has 0 saturated carbocycles. The molecule has 0 amide bonds. The fraction of sp³-hybridized carbons (Fsp3) is 0.333. The van der Waals surface area contributed by atoms with Gasteiger partial charge in [-0.1, -0.05) is 0 Å². The zero-order valence-electron chi connectivity index (χ0n) is 7.64. The largest absolute Gasteiger partial charge is 0.388 e. The van der Waals surface area contributed by atoms with Crippen LogP contribution in [0.5, 0.6) is 0 Å². The molecule has 0 saturated heterocycles. The summed E-state index contributed by atoms with van der Waals surface area (Å²) in [6, 6.07) is 0. The number of aromatic nitrogens is 3. The molecule has 1 atom stereocenters. The predicted octanol–water partition coefficient (Wildman–Crippen LogP) is 0.340. The van der Waals surface area contributed by atoms with E-state index in [9.17, 15) is 5.11 Å². The van der Waals surface area contributed by atoms with Gasteiger partial charge in [-0.25, -0.2) is 9.97 Å². The summed E-state index contributed by atoms with van der Waals surface area (Å²) >= 11 is 0. The molecule has 2 aromatic rings. The molecule has 0 aliphatic carbocycles. The molecule has 1 unspecified atom stereocenters. The fourth-order valence-corrected chi connectivity index (χ4v) is 1.47. The minimum absolute atomic E-state index is 0.460. The third-order valence-corrected chi connectivity index (χ3v) is 2.19. The Bertz CT molecular complexity index is 425. The Morgan fingerprint density at radius 3 is 3.21 bits per heavy atom. The summed E-state index contributed by atoms with van der Waals surface area (Å²) in [5.41, 5.74) is 6.93. The number of H-pyrrole nitrogens is 1. The number of nitrogens with one attached hydrogen (secondary N) is 1. The van der Waals surface area contributed by atoms with Crippen molar-refractivity contribution in [3.63, 3.8) is 0 Å². The van der Waals surface area contributed by atoms with E-state index in [1.54, 1.807) is 12.4 Å². The molecule has 0 bridgehead atoms. The number of hydrogen-bond donors (Lipinski definition) is 3. The van der Waals surface area contributed by atoms with Crippen molar-refractivity contribution in [1.82, 2.24) is 15.0 Å². The number of rotatable bonds is 3. The van der Waals surface area contributed by atoms with Gasteiger partial charge in [0, 0.05) is 23.3 Å². The van der Waals surface area contributed by atoms with Gasteiger partial charge in [-0.05, 0) is 13.0 Å². The Balaban J connectivity index is 2.42. The van der Waals surface area contributed by atoms with Crippen LogP contribution in [0.2, 0.25) is 0 Å². The summed E-state index contributed by atoms with van der Waals surface area (Å²) in [6.45, 7) is 0.460. The second-order valence-electron chi connectivity index (χ2n) is 3.12. The van der Waals surface area contributed by atoms with Crippen LogP contribution in [0.4, 0.5) is 0 Å². The summed E-state index contributed by atoms with van der Waals surface area (Å²) in [5, 5.41) is 10.6. The highest BCUT2D eigenvalue weighted by molar-refractivity contribution is 5.78. The van der Waals surface area contributed by atoms with Gasteiger partial charge >= 0.3 is 0 Å². The maximum Gasteiger partial charge on any atom is 0.141 e. The second kappa shape index (κ2) is 3.73. The zero-order chi connectivity index (χ0) is 9.97. The van der Waals surface area contributed by atoms with Crippen LogP contribution in [0.15, 0.2) is 18.7 Å². The first-order valence-electron chi connectivity index (χ1n) is 4.48. The van der Waals surface area contributed by atoms with Gasteiger partial charge in [0.2, 0.25) is 0 Å². The summed E-state index contributed by atoms with van der Waals surface area (Å²) in [7, 11) is 0. The van der Waals surface area contributed by atoms with E-state index in [1.165, 1.54) is 6.33 Å². The normalized spacial score (nSPS) is 13.3. The lowest BCUT2D eigenvalue weighted by molar-refractivity contribution is 0.172. The van der Waals surface area contributed by atoms with Crippen molar-refractivity contribution in [3.05, 3.63) is 24.3 Å². The van der Waals surface area contributed by atoms with Crippen LogP contribution in [0.3, 0.4) is 0 Å². The van der Waals surface area contributed by atoms with Crippen molar-refractivity contribution >= 4 is 11.0 Å². The van der Waals surface area contributed by atoms with E-state index < -0.39 is 6.10 Å². The lowest BCUT2D eigenvalue weighted by atomic mass is 10.1. The molecule has 5 heteroatoms. The number of aromatic amines is 1. The highest BCUT2D eigenvalue weighted by Gasteiger charge is 2.12. The molecule has 2 aromatic heterocycles. The third-order valence-electron chi connectivity index (χ3n) is 2.19. The first-order chi connectivity index (χ1) is 6.83. The van der Waals surface area contributed by atoms with Crippen molar-refractivity contribution in [3.8, 4) is 0 Å². The van der Waals surface area contributed by atoms with E-state index in [2.05, 4.69) is 15.0 Å². The van der Waals surface area contributed by atoms with Crippen LogP contribution in [-0.4, -0.2) is 26.6 Å². The summed E-state index contributed by atoms with van der Waals surface area (Å²) in [6.07, 6.45) is 4.91. The summed E-state index contributed by atoms with van der Waals surface area (Å²) in [4.78, 5) is 10.9. The molecule has 2 heterocycles. The average molecular weight is 192 g/mol. The van der Waals surface area contributed by atoms with Crippen molar-refractivity contribution in [1.29, 1.82) is 0 Å². The van der Waals surface area contributed by atoms with Gasteiger partial charge < -0.3 is 15.8 Å². The van der Waals surface area contributed by atoms with Crippen molar-refractivity contribution in [2.24, 2.45) is 5.73 Å². The molecule has 0 radical (unpaired) electrons. The lowest BCUT2D eigenvalue weighted by Crippen LogP contribution is -2.06. The monoisotopic (exact) mass is 192 g/mol. The highest BCUT2D eigenvalue weighted by atomic mass is 16.3. The Morgan fingerprint density at radius 1 is 1.57 bits per heavy atom. The lowest BCUT2D eigenvalue weighted by Gasteiger charge is -2.06. The van der Waals surface area contributed by atoms with Crippen LogP contribution >= 0.6 is 0 Å². The minimum atomic E-state index is -0.542. The summed E-state index contributed by atoms with van der Waals surface area (Å²) in [5.74, 6) is 0. The SMILES string of the molecule is NCCC(O)c1c[nH]c2ncncc12. The minimum Gasteiger partial charge on any atom is -0.388 e. The van der Waals surface area contributed by atoms with E-state index in [-0.39, 0.29) is 0 Å². The highest BCUT2D eigenvalue weighted by Crippen LogP contribution is 2.23. The van der Waals surface area contributed by atoms with Crippen LogP contribution in [0.1, 0.15) is 18.1 Å². The van der Waals surface area contributed by atoms with Crippen molar-refractivity contribution in [2.75, 3.05) is 6.54 Å². The van der Waals surface area contributed by atoms with E-state index in [4.69, 9.17) is 5.73 Å². The maximum atomic E-state index is 9.75. The first kappa shape index (κ1) is 9.11. The molecular weight excluding hydrogens is 180 g/mol. The van der Waals surface area contributed by atoms with E-state index in [0.717, 1.165) is 16.6 Å². The molecule has 0 aromatic carbocycles. The van der Waals surface area contributed by atoms with Crippen molar-refractivity contribution in [2.45, 2.75) is 12.5 Å². The molecule has 74 valence electrons. The van der Waals surface area contributed by atoms with Gasteiger partial charge in [-0.2, -0.15) is 0 Å². The van der Waals surface area contributed by atoms with Gasteiger partial charge in [-0.15, -0.1) is 0 Å². The van der Waals surface area contributed by atoms with Gasteiger partial charge in [0.1, 0.15) is 12.0 Å². The van der Waals surface area contributed by atoms with E-state index in [1.807, 2.05) is 0 Å². The standard InChI is InChI=1S/C9H12N4O/c10-2-1-8(14)6-4-12-9-7(6)3-11-5-13-9/h3-5,8,14H,1-2,10H2,(H,11,12,13). The molecule has 0 aliphatic heterocycles. The number of fused-ring (bicyclic) bond motifs is 1. The van der Waals surface area contributed by atoms with Crippen molar-refractivity contribution < 1.29 is 5.11 Å². The Kier molecular flexibility index (Phi) is 2.43. The Hall–Kier alpha value is -1.46. The van der Waals surface area contributed by atoms with Crippen LogP contribution < -0.4 is 5.73 Å². The number of nitrogens with two attached hydrogens (primary N) is 1. The molecule has 0 fully saturated rings. The molecule has 0 spiro atoms. The molecular formula is C9H12N4O. The summed E-state index contributed by atoms with van der Waals surface area (Å²) < 4.78 is 0. The smallest absolute Gasteiger partial charge is 0.141 e. The van der Waals surface area contributed by atoms with Gasteiger partial charge in [0.15, 0.2) is 0 Å². The molecule has 5 nitrogen and oxygen atoms in total. The molecule has 4 N–H and O–H groups in total. The van der Waals surface area contributed by atoms with Gasteiger partial charge in [0.25, 0.3) is 0 Å². The van der Waals surface area contributed by atoms with Crippen LogP contribution in [-0.2, 0) is 0 Å². The topological polar surface area (TPSA) is 87.8 Å². The number of hydrogen-bond acceptors (Lipinski definition) is 4. The number of aliphatic hydroxyl groups excluding tert-OH is 1.